The molecule has 6 nitrogen and oxygen atoms in total. The maximum absolute atomic E-state index is 12.5. The molecule has 0 spiro atoms. The average molecular weight is 390 g/mol. The molecule has 0 aliphatic heterocycles. The maximum Gasteiger partial charge on any atom is 0.240 e. The van der Waals surface area contributed by atoms with Crippen molar-refractivity contribution < 1.29 is 16.8 Å². The molecule has 0 bridgehead atoms. The van der Waals surface area contributed by atoms with Crippen molar-refractivity contribution in [2.45, 2.75) is 16.3 Å². The van der Waals surface area contributed by atoms with E-state index < -0.39 is 20.0 Å². The van der Waals surface area contributed by atoms with E-state index >= 15 is 0 Å². The molecule has 8 heteroatoms. The summed E-state index contributed by atoms with van der Waals surface area (Å²) in [4.78, 5) is 0.248. The molecular formula is C18H18N2O4S2. The van der Waals surface area contributed by atoms with Crippen LogP contribution in [0.4, 0.5) is 0 Å². The van der Waals surface area contributed by atoms with Crippen LogP contribution >= 0.6 is 0 Å². The van der Waals surface area contributed by atoms with Crippen molar-refractivity contribution in [3.05, 3.63) is 72.3 Å². The van der Waals surface area contributed by atoms with E-state index in [0.717, 1.165) is 10.8 Å². The maximum atomic E-state index is 12.5. The Kier molecular flexibility index (Phi) is 5.10. The highest BCUT2D eigenvalue weighted by atomic mass is 32.2. The normalized spacial score (nSPS) is 12.3. The van der Waals surface area contributed by atoms with E-state index in [1.165, 1.54) is 19.2 Å². The second-order valence-electron chi connectivity index (χ2n) is 5.69. The highest BCUT2D eigenvalue weighted by molar-refractivity contribution is 7.89. The fourth-order valence-electron chi connectivity index (χ4n) is 2.54. The largest absolute Gasteiger partial charge is 0.240 e. The number of rotatable bonds is 6. The molecule has 0 unspecified atom stereocenters. The van der Waals surface area contributed by atoms with Crippen LogP contribution < -0.4 is 9.44 Å². The van der Waals surface area contributed by atoms with Gasteiger partial charge in [0, 0.05) is 6.54 Å². The molecule has 3 aromatic carbocycles. The Morgan fingerprint density at radius 2 is 1.42 bits per heavy atom. The third kappa shape index (κ3) is 3.94. The molecule has 0 aliphatic carbocycles. The lowest BCUT2D eigenvalue weighted by Gasteiger charge is -2.09. The number of sulfonamides is 2. The van der Waals surface area contributed by atoms with Crippen LogP contribution in [0.1, 0.15) is 5.56 Å². The number of fused-ring (bicyclic) bond motifs is 1. The van der Waals surface area contributed by atoms with E-state index in [2.05, 4.69) is 9.44 Å². The van der Waals surface area contributed by atoms with Crippen molar-refractivity contribution in [2.24, 2.45) is 0 Å². The van der Waals surface area contributed by atoms with Crippen LogP contribution in [0, 0.1) is 0 Å². The number of benzene rings is 3. The van der Waals surface area contributed by atoms with Crippen molar-refractivity contribution in [3.8, 4) is 0 Å². The molecule has 0 heterocycles. The zero-order chi connectivity index (χ0) is 18.8. The summed E-state index contributed by atoms with van der Waals surface area (Å²) in [7, 11) is -5.97. The predicted molar refractivity (Wildman–Crippen MR) is 101 cm³/mol. The standard InChI is InChI=1S/C18H18N2O4S2/c1-19-25(21,22)17-8-4-5-14(11-17)13-20-26(23,24)18-10-9-15-6-2-3-7-16(15)12-18/h2-12,19-20H,13H2,1H3. The Balaban J connectivity index is 1.83. The summed E-state index contributed by atoms with van der Waals surface area (Å²) in [5.41, 5.74) is 0.547. The van der Waals surface area contributed by atoms with Crippen molar-refractivity contribution in [2.75, 3.05) is 7.05 Å². The van der Waals surface area contributed by atoms with Crippen molar-refractivity contribution >= 4 is 30.8 Å². The Labute approximate surface area is 153 Å². The van der Waals surface area contributed by atoms with Gasteiger partial charge in [0.15, 0.2) is 0 Å². The van der Waals surface area contributed by atoms with Gasteiger partial charge >= 0.3 is 0 Å². The highest BCUT2D eigenvalue weighted by Gasteiger charge is 2.16. The summed E-state index contributed by atoms with van der Waals surface area (Å²) in [6.45, 7) is -0.0117. The van der Waals surface area contributed by atoms with E-state index in [0.29, 0.717) is 5.56 Å². The summed E-state index contributed by atoms with van der Waals surface area (Å²) in [5.74, 6) is 0. The van der Waals surface area contributed by atoms with Gasteiger partial charge in [0.1, 0.15) is 0 Å². The smallest absolute Gasteiger partial charge is 0.214 e. The molecular weight excluding hydrogens is 372 g/mol. The molecule has 0 atom stereocenters. The second kappa shape index (κ2) is 7.16. The van der Waals surface area contributed by atoms with E-state index in [1.54, 1.807) is 30.3 Å². The SMILES string of the molecule is CNS(=O)(=O)c1cccc(CNS(=O)(=O)c2ccc3ccccc3c2)c1. The molecule has 0 amide bonds. The fraction of sp³-hybridized carbons (Fsp3) is 0.111. The molecule has 3 rings (SSSR count). The van der Waals surface area contributed by atoms with Crippen molar-refractivity contribution in [3.63, 3.8) is 0 Å². The number of hydrogen-bond donors (Lipinski definition) is 2. The van der Waals surface area contributed by atoms with Gasteiger partial charge < -0.3 is 0 Å². The van der Waals surface area contributed by atoms with Crippen LogP contribution in [0.2, 0.25) is 0 Å². The molecule has 26 heavy (non-hydrogen) atoms. The van der Waals surface area contributed by atoms with Gasteiger partial charge in [-0.15, -0.1) is 0 Å². The van der Waals surface area contributed by atoms with Gasteiger partial charge in [-0.05, 0) is 47.6 Å². The summed E-state index contributed by atoms with van der Waals surface area (Å²) in [6.07, 6.45) is 0. The molecule has 136 valence electrons. The lowest BCUT2D eigenvalue weighted by Crippen LogP contribution is -2.23. The second-order valence-corrected chi connectivity index (χ2v) is 9.34. The lowest BCUT2D eigenvalue weighted by molar-refractivity contribution is 0.581. The van der Waals surface area contributed by atoms with E-state index in [-0.39, 0.29) is 16.3 Å². The van der Waals surface area contributed by atoms with E-state index in [9.17, 15) is 16.8 Å². The quantitative estimate of drug-likeness (QED) is 0.675. The summed E-state index contributed by atoms with van der Waals surface area (Å²) >= 11 is 0. The van der Waals surface area contributed by atoms with E-state index in [4.69, 9.17) is 0 Å². The van der Waals surface area contributed by atoms with Gasteiger partial charge in [0.05, 0.1) is 9.79 Å². The minimum absolute atomic E-state index is 0.0117. The van der Waals surface area contributed by atoms with Crippen molar-refractivity contribution in [1.29, 1.82) is 0 Å². The summed E-state index contributed by atoms with van der Waals surface area (Å²) in [5, 5.41) is 1.79. The Morgan fingerprint density at radius 3 is 2.15 bits per heavy atom. The zero-order valence-electron chi connectivity index (χ0n) is 14.0. The Bertz CT molecular complexity index is 1160. The fourth-order valence-corrected chi connectivity index (χ4v) is 4.39. The Morgan fingerprint density at radius 1 is 0.731 bits per heavy atom. The number of hydrogen-bond acceptors (Lipinski definition) is 4. The first-order valence-electron chi connectivity index (χ1n) is 7.83. The van der Waals surface area contributed by atoms with Gasteiger partial charge in [-0.25, -0.2) is 26.3 Å². The minimum atomic E-state index is -3.72. The third-order valence-corrected chi connectivity index (χ3v) is 6.79. The molecule has 3 aromatic rings. The van der Waals surface area contributed by atoms with Gasteiger partial charge in [-0.2, -0.15) is 0 Å². The summed E-state index contributed by atoms with van der Waals surface area (Å²) < 4.78 is 53.5. The van der Waals surface area contributed by atoms with Gasteiger partial charge in [0.2, 0.25) is 20.0 Å². The minimum Gasteiger partial charge on any atom is -0.214 e. The highest BCUT2D eigenvalue weighted by Crippen LogP contribution is 2.19. The van der Waals surface area contributed by atoms with Crippen LogP contribution in [0.3, 0.4) is 0 Å². The van der Waals surface area contributed by atoms with Crippen LogP contribution in [-0.2, 0) is 26.6 Å². The van der Waals surface area contributed by atoms with Crippen LogP contribution in [-0.4, -0.2) is 23.9 Å². The molecule has 0 aromatic heterocycles. The van der Waals surface area contributed by atoms with Crippen LogP contribution in [0.25, 0.3) is 10.8 Å². The lowest BCUT2D eigenvalue weighted by atomic mass is 10.1. The average Bonchev–Trinajstić information content (AvgIpc) is 2.66. The first-order chi connectivity index (χ1) is 12.3. The molecule has 2 N–H and O–H groups in total. The van der Waals surface area contributed by atoms with Crippen LogP contribution in [0.15, 0.2) is 76.5 Å². The Hall–Kier alpha value is -2.26. The first kappa shape index (κ1) is 18.5. The third-order valence-electron chi connectivity index (χ3n) is 3.98. The van der Waals surface area contributed by atoms with Crippen LogP contribution in [0.5, 0.6) is 0 Å². The molecule has 0 fully saturated rings. The van der Waals surface area contributed by atoms with Gasteiger partial charge in [-0.1, -0.05) is 42.5 Å². The van der Waals surface area contributed by atoms with E-state index in [1.807, 2.05) is 24.3 Å². The molecule has 0 saturated carbocycles. The van der Waals surface area contributed by atoms with Gasteiger partial charge in [0.25, 0.3) is 0 Å². The van der Waals surface area contributed by atoms with Gasteiger partial charge in [-0.3, -0.25) is 0 Å². The number of nitrogens with one attached hydrogen (secondary N) is 2. The zero-order valence-corrected chi connectivity index (χ0v) is 15.6. The molecule has 0 radical (unpaired) electrons. The van der Waals surface area contributed by atoms with Crippen molar-refractivity contribution in [1.82, 2.24) is 9.44 Å². The monoisotopic (exact) mass is 390 g/mol. The topological polar surface area (TPSA) is 92.3 Å². The predicted octanol–water partition coefficient (Wildman–Crippen LogP) is 2.23. The summed E-state index contributed by atoms with van der Waals surface area (Å²) in [6, 6.07) is 18.5. The molecule has 0 aliphatic rings. The molecule has 0 saturated heterocycles. The first-order valence-corrected chi connectivity index (χ1v) is 10.8.